The molecule has 0 aromatic heterocycles. The SMILES string of the molecule is CCCCCCCCCCCCCCCCCCN(C(=O)OCCCCCCCCCCCC)[C@@H]1O[C@H](CO)[C@H](O)[C@H](O)[C@H]1NC(=O)OCc1ccccc1. The van der Waals surface area contributed by atoms with E-state index in [0.717, 1.165) is 44.1 Å². The van der Waals surface area contributed by atoms with Crippen LogP contribution in [0.1, 0.15) is 186 Å². The molecule has 0 aliphatic carbocycles. The van der Waals surface area contributed by atoms with Gasteiger partial charge in [0, 0.05) is 6.54 Å². The number of amides is 2. The van der Waals surface area contributed by atoms with Crippen LogP contribution in [0.3, 0.4) is 0 Å². The third kappa shape index (κ3) is 22.2. The van der Waals surface area contributed by atoms with E-state index in [4.69, 9.17) is 14.2 Å². The number of nitrogens with zero attached hydrogens (tertiary/aromatic N) is 1. The molecule has 0 bridgehead atoms. The van der Waals surface area contributed by atoms with E-state index in [1.807, 2.05) is 30.3 Å². The highest BCUT2D eigenvalue weighted by Gasteiger charge is 2.48. The van der Waals surface area contributed by atoms with Crippen molar-refractivity contribution in [3.63, 3.8) is 0 Å². The van der Waals surface area contributed by atoms with E-state index in [-0.39, 0.29) is 19.8 Å². The maximum atomic E-state index is 13.7. The zero-order valence-corrected chi connectivity index (χ0v) is 34.8. The van der Waals surface area contributed by atoms with Crippen LogP contribution in [0.25, 0.3) is 0 Å². The molecule has 1 aromatic carbocycles. The Kier molecular flexibility index (Phi) is 28.9. The van der Waals surface area contributed by atoms with Gasteiger partial charge in [0.1, 0.15) is 31.0 Å². The number of nitrogens with one attached hydrogen (secondary N) is 1. The number of alkyl carbamates (subject to hydrolysis) is 1. The smallest absolute Gasteiger partial charge is 0.411 e. The molecule has 1 fully saturated rings. The maximum absolute atomic E-state index is 13.7. The Morgan fingerprint density at radius 3 is 1.56 bits per heavy atom. The van der Waals surface area contributed by atoms with Gasteiger partial charge in [-0.05, 0) is 18.4 Å². The van der Waals surface area contributed by atoms with E-state index in [9.17, 15) is 24.9 Å². The summed E-state index contributed by atoms with van der Waals surface area (Å²) in [5.74, 6) is 0. The molecule has 55 heavy (non-hydrogen) atoms. The van der Waals surface area contributed by atoms with Gasteiger partial charge in [0.05, 0.1) is 13.2 Å². The van der Waals surface area contributed by atoms with Gasteiger partial charge in [0.15, 0.2) is 6.23 Å². The van der Waals surface area contributed by atoms with E-state index in [1.165, 1.54) is 127 Å². The molecule has 5 atom stereocenters. The van der Waals surface area contributed by atoms with Crippen LogP contribution in [0.2, 0.25) is 0 Å². The van der Waals surface area contributed by atoms with E-state index >= 15 is 0 Å². The van der Waals surface area contributed by atoms with Crippen molar-refractivity contribution in [2.24, 2.45) is 0 Å². The quantitative estimate of drug-likeness (QED) is 0.0518. The number of carbonyl (C=O) groups excluding carboxylic acids is 2. The van der Waals surface area contributed by atoms with Crippen LogP contribution in [0.4, 0.5) is 9.59 Å². The summed E-state index contributed by atoms with van der Waals surface area (Å²) in [6, 6.07) is 7.99. The molecular weight excluding hydrogens is 697 g/mol. The second-order valence-electron chi connectivity index (χ2n) is 15.8. The summed E-state index contributed by atoms with van der Waals surface area (Å²) in [6.45, 7) is 4.46. The number of unbranched alkanes of at least 4 members (excludes halogenated alkanes) is 24. The normalized spacial score (nSPS) is 19.6. The average Bonchev–Trinajstić information content (AvgIpc) is 3.20. The zero-order valence-electron chi connectivity index (χ0n) is 34.8. The standard InChI is InChI=1S/C45H80N2O8/c1-3-5-7-9-11-13-15-16-17-18-19-20-21-23-25-30-34-47(45(52)53-35-31-26-24-22-14-12-10-8-6-4-2)43-40(42(50)41(49)39(36-48)55-43)46-44(51)54-37-38-32-28-27-29-33-38/h27-29,32-33,39-43,48-50H,3-26,30-31,34-37H2,1-2H3,(H,46,51)/t39-,40-,41+,42-,43-/m1/s1. The first kappa shape index (κ1) is 48.7. The van der Waals surface area contributed by atoms with Gasteiger partial charge < -0.3 is 34.8 Å². The van der Waals surface area contributed by atoms with Crippen molar-refractivity contribution in [1.29, 1.82) is 0 Å². The lowest BCUT2D eigenvalue weighted by Gasteiger charge is -2.46. The summed E-state index contributed by atoms with van der Waals surface area (Å²) in [5, 5.41) is 34.6. The predicted molar refractivity (Wildman–Crippen MR) is 221 cm³/mol. The van der Waals surface area contributed by atoms with E-state index in [1.54, 1.807) is 0 Å². The fourth-order valence-electron chi connectivity index (χ4n) is 7.41. The topological polar surface area (TPSA) is 138 Å². The number of aliphatic hydroxyl groups excluding tert-OH is 3. The van der Waals surface area contributed by atoms with Crippen LogP contribution in [-0.4, -0.2) is 82.7 Å². The Morgan fingerprint density at radius 1 is 0.636 bits per heavy atom. The highest BCUT2D eigenvalue weighted by Crippen LogP contribution is 2.26. The third-order valence-electron chi connectivity index (χ3n) is 10.9. The van der Waals surface area contributed by atoms with Crippen LogP contribution < -0.4 is 5.32 Å². The first-order valence-corrected chi connectivity index (χ1v) is 22.5. The fraction of sp³-hybridized carbons (Fsp3) is 0.822. The van der Waals surface area contributed by atoms with Gasteiger partial charge in [0.2, 0.25) is 0 Å². The molecule has 10 nitrogen and oxygen atoms in total. The first-order valence-electron chi connectivity index (χ1n) is 22.5. The second-order valence-corrected chi connectivity index (χ2v) is 15.8. The minimum atomic E-state index is -1.52. The van der Waals surface area contributed by atoms with Gasteiger partial charge in [-0.3, -0.25) is 4.90 Å². The van der Waals surface area contributed by atoms with E-state index < -0.39 is 49.4 Å². The van der Waals surface area contributed by atoms with Crippen LogP contribution in [0.15, 0.2) is 30.3 Å². The van der Waals surface area contributed by atoms with Crippen molar-refractivity contribution in [1.82, 2.24) is 10.2 Å². The van der Waals surface area contributed by atoms with Gasteiger partial charge in [-0.1, -0.05) is 198 Å². The Balaban J connectivity index is 1.89. The number of hydrogen-bond acceptors (Lipinski definition) is 8. The van der Waals surface area contributed by atoms with Crippen molar-refractivity contribution < 1.29 is 39.1 Å². The van der Waals surface area contributed by atoms with E-state index in [2.05, 4.69) is 19.2 Å². The number of rotatable bonds is 33. The van der Waals surface area contributed by atoms with Crippen molar-refractivity contribution in [3.8, 4) is 0 Å². The third-order valence-corrected chi connectivity index (χ3v) is 10.9. The summed E-state index contributed by atoms with van der Waals surface area (Å²) in [4.78, 5) is 28.1. The fourth-order valence-corrected chi connectivity index (χ4v) is 7.41. The number of ether oxygens (including phenoxy) is 3. The minimum Gasteiger partial charge on any atom is -0.449 e. The number of hydrogen-bond donors (Lipinski definition) is 4. The molecule has 0 unspecified atom stereocenters. The average molecular weight is 777 g/mol. The zero-order chi connectivity index (χ0) is 39.8. The summed E-state index contributed by atoms with van der Waals surface area (Å²) in [7, 11) is 0. The lowest BCUT2D eigenvalue weighted by Crippen LogP contribution is -2.69. The molecular formula is C45H80N2O8. The number of aliphatic hydroxyl groups is 3. The van der Waals surface area contributed by atoms with Crippen molar-refractivity contribution in [3.05, 3.63) is 35.9 Å². The molecule has 1 aromatic rings. The maximum Gasteiger partial charge on any atom is 0.411 e. The van der Waals surface area contributed by atoms with Crippen LogP contribution in [-0.2, 0) is 20.8 Å². The van der Waals surface area contributed by atoms with Crippen LogP contribution in [0.5, 0.6) is 0 Å². The second kappa shape index (κ2) is 32.7. The Hall–Kier alpha value is -2.40. The predicted octanol–water partition coefficient (Wildman–Crippen LogP) is 10.3. The Bertz CT molecular complexity index is 1060. The van der Waals surface area contributed by atoms with Gasteiger partial charge >= 0.3 is 12.2 Å². The highest BCUT2D eigenvalue weighted by molar-refractivity contribution is 5.69. The molecule has 2 rings (SSSR count). The molecule has 1 aliphatic rings. The first-order chi connectivity index (χ1) is 26.9. The van der Waals surface area contributed by atoms with Gasteiger partial charge in [-0.25, -0.2) is 9.59 Å². The summed E-state index contributed by atoms with van der Waals surface area (Å²) < 4.78 is 17.2. The lowest BCUT2D eigenvalue weighted by atomic mass is 9.95. The van der Waals surface area contributed by atoms with Crippen molar-refractivity contribution >= 4 is 12.2 Å². The van der Waals surface area contributed by atoms with Crippen molar-refractivity contribution in [2.45, 2.75) is 218 Å². The summed E-state index contributed by atoms with van der Waals surface area (Å²) in [5.41, 5.74) is 0.788. The van der Waals surface area contributed by atoms with Gasteiger partial charge in [-0.2, -0.15) is 0 Å². The molecule has 0 spiro atoms. The molecule has 10 heteroatoms. The monoisotopic (exact) mass is 777 g/mol. The lowest BCUT2D eigenvalue weighted by molar-refractivity contribution is -0.225. The molecule has 4 N–H and O–H groups in total. The van der Waals surface area contributed by atoms with E-state index in [0.29, 0.717) is 6.42 Å². The van der Waals surface area contributed by atoms with Crippen LogP contribution >= 0.6 is 0 Å². The van der Waals surface area contributed by atoms with Gasteiger partial charge in [-0.15, -0.1) is 0 Å². The number of benzene rings is 1. The molecule has 0 radical (unpaired) electrons. The molecule has 318 valence electrons. The summed E-state index contributed by atoms with van der Waals surface area (Å²) in [6.07, 6.45) is 24.6. The molecule has 1 aliphatic heterocycles. The van der Waals surface area contributed by atoms with Crippen molar-refractivity contribution in [2.75, 3.05) is 19.8 Å². The van der Waals surface area contributed by atoms with Crippen LogP contribution in [0, 0.1) is 0 Å². The molecule has 1 saturated heterocycles. The Morgan fingerprint density at radius 2 is 1.09 bits per heavy atom. The largest absolute Gasteiger partial charge is 0.449 e. The van der Waals surface area contributed by atoms with Gasteiger partial charge in [0.25, 0.3) is 0 Å². The summed E-state index contributed by atoms with van der Waals surface area (Å²) >= 11 is 0. The number of carbonyl (C=O) groups is 2. The highest BCUT2D eigenvalue weighted by atomic mass is 16.6. The molecule has 1 heterocycles. The minimum absolute atomic E-state index is 0.00658. The Labute approximate surface area is 334 Å². The molecule has 0 saturated carbocycles. The molecule has 2 amide bonds.